The van der Waals surface area contributed by atoms with Crippen LogP contribution in [0.25, 0.3) is 0 Å². The first-order valence-corrected chi connectivity index (χ1v) is 11.6. The summed E-state index contributed by atoms with van der Waals surface area (Å²) >= 11 is 5.35. The Bertz CT molecular complexity index is 914. The maximum absolute atomic E-state index is 11.9. The van der Waals surface area contributed by atoms with Gasteiger partial charge in [-0.2, -0.15) is 0 Å². The normalized spacial score (nSPS) is 11.9. The van der Waals surface area contributed by atoms with Gasteiger partial charge < -0.3 is 10.6 Å². The summed E-state index contributed by atoms with van der Waals surface area (Å²) in [6.45, 7) is 11.1. The SMILES string of the molecule is CC(C)S(=O)(=O)Nc1ccc(CNC(=S)NCc2ccc(C(C)(C)C)cc2)cc1. The molecule has 0 fully saturated rings. The van der Waals surface area contributed by atoms with Crippen LogP contribution in [0.5, 0.6) is 0 Å². The van der Waals surface area contributed by atoms with Gasteiger partial charge in [-0.1, -0.05) is 57.2 Å². The molecular weight excluding hydrogens is 402 g/mol. The van der Waals surface area contributed by atoms with Gasteiger partial charge in [0.25, 0.3) is 0 Å². The summed E-state index contributed by atoms with van der Waals surface area (Å²) in [6, 6.07) is 15.8. The van der Waals surface area contributed by atoms with Crippen LogP contribution in [-0.4, -0.2) is 18.8 Å². The van der Waals surface area contributed by atoms with Gasteiger partial charge in [-0.3, -0.25) is 4.72 Å². The molecule has 2 aromatic carbocycles. The summed E-state index contributed by atoms with van der Waals surface area (Å²) in [5, 5.41) is 6.49. The van der Waals surface area contributed by atoms with Gasteiger partial charge >= 0.3 is 0 Å². The van der Waals surface area contributed by atoms with E-state index < -0.39 is 15.3 Å². The van der Waals surface area contributed by atoms with Crippen molar-refractivity contribution in [2.24, 2.45) is 0 Å². The summed E-state index contributed by atoms with van der Waals surface area (Å²) in [7, 11) is -3.33. The number of rotatable bonds is 7. The Labute approximate surface area is 180 Å². The second-order valence-electron chi connectivity index (χ2n) is 8.38. The van der Waals surface area contributed by atoms with E-state index in [-0.39, 0.29) is 5.41 Å². The molecule has 0 aliphatic rings. The van der Waals surface area contributed by atoms with E-state index in [1.54, 1.807) is 26.0 Å². The molecule has 0 amide bonds. The molecule has 0 aliphatic carbocycles. The third-order valence-corrected chi connectivity index (χ3v) is 6.61. The topological polar surface area (TPSA) is 70.2 Å². The summed E-state index contributed by atoms with van der Waals surface area (Å²) in [6.07, 6.45) is 0. The average Bonchev–Trinajstić information content (AvgIpc) is 2.65. The van der Waals surface area contributed by atoms with Crippen molar-refractivity contribution in [3.05, 3.63) is 65.2 Å². The predicted molar refractivity (Wildman–Crippen MR) is 126 cm³/mol. The molecule has 0 heterocycles. The fourth-order valence-electron chi connectivity index (χ4n) is 2.52. The van der Waals surface area contributed by atoms with Gasteiger partial charge in [0.2, 0.25) is 10.0 Å². The van der Waals surface area contributed by atoms with Crippen molar-refractivity contribution < 1.29 is 8.42 Å². The molecule has 3 N–H and O–H groups in total. The zero-order valence-corrected chi connectivity index (χ0v) is 19.4. The van der Waals surface area contributed by atoms with Crippen molar-refractivity contribution in [1.29, 1.82) is 0 Å². The fourth-order valence-corrected chi connectivity index (χ4v) is 3.37. The van der Waals surface area contributed by atoms with Gasteiger partial charge in [-0.25, -0.2) is 8.42 Å². The predicted octanol–water partition coefficient (Wildman–Crippen LogP) is 4.30. The van der Waals surface area contributed by atoms with E-state index in [2.05, 4.69) is 60.4 Å². The molecule has 0 aliphatic heterocycles. The molecule has 5 nitrogen and oxygen atoms in total. The lowest BCUT2D eigenvalue weighted by Gasteiger charge is -2.19. The molecule has 0 saturated carbocycles. The summed E-state index contributed by atoms with van der Waals surface area (Å²) in [5.74, 6) is 0. The number of nitrogens with one attached hydrogen (secondary N) is 3. The molecule has 158 valence electrons. The standard InChI is InChI=1S/C22H31N3O2S2/c1-16(2)29(26,27)25-20-12-8-18(9-13-20)15-24-21(28)23-14-17-6-10-19(11-7-17)22(3,4)5/h6-13,16,25H,14-15H2,1-5H3,(H2,23,24,28). The molecule has 0 aromatic heterocycles. The van der Waals surface area contributed by atoms with Crippen molar-refractivity contribution in [3.63, 3.8) is 0 Å². The van der Waals surface area contributed by atoms with Crippen molar-refractivity contribution in [2.45, 2.75) is 58.4 Å². The molecule has 2 rings (SSSR count). The van der Waals surface area contributed by atoms with E-state index in [1.807, 2.05) is 12.1 Å². The zero-order chi connectivity index (χ0) is 21.7. The minimum atomic E-state index is -3.33. The third kappa shape index (κ3) is 7.33. The van der Waals surface area contributed by atoms with Gasteiger partial charge in [0.1, 0.15) is 0 Å². The highest BCUT2D eigenvalue weighted by Crippen LogP contribution is 2.22. The van der Waals surface area contributed by atoms with E-state index in [4.69, 9.17) is 12.2 Å². The van der Waals surface area contributed by atoms with Crippen molar-refractivity contribution >= 4 is 33.0 Å². The van der Waals surface area contributed by atoms with Crippen LogP contribution in [-0.2, 0) is 28.5 Å². The number of benzene rings is 2. The number of sulfonamides is 1. The Morgan fingerprint density at radius 2 is 1.34 bits per heavy atom. The largest absolute Gasteiger partial charge is 0.359 e. The van der Waals surface area contributed by atoms with Gasteiger partial charge in [-0.05, 0) is 60.3 Å². The van der Waals surface area contributed by atoms with Crippen LogP contribution in [0, 0.1) is 0 Å². The summed E-state index contributed by atoms with van der Waals surface area (Å²) in [4.78, 5) is 0. The van der Waals surface area contributed by atoms with Crippen LogP contribution in [0.1, 0.15) is 51.3 Å². The molecule has 0 saturated heterocycles. The monoisotopic (exact) mass is 433 g/mol. The molecule has 29 heavy (non-hydrogen) atoms. The first-order valence-electron chi connectivity index (χ1n) is 9.69. The zero-order valence-electron chi connectivity index (χ0n) is 17.7. The van der Waals surface area contributed by atoms with Gasteiger partial charge in [-0.15, -0.1) is 0 Å². The van der Waals surface area contributed by atoms with Crippen LogP contribution in [0.3, 0.4) is 0 Å². The Morgan fingerprint density at radius 3 is 1.76 bits per heavy atom. The number of thiocarbonyl (C=S) groups is 1. The quantitative estimate of drug-likeness (QED) is 0.568. The second-order valence-corrected chi connectivity index (χ2v) is 11.0. The smallest absolute Gasteiger partial charge is 0.235 e. The van der Waals surface area contributed by atoms with Crippen molar-refractivity contribution in [3.8, 4) is 0 Å². The molecule has 0 radical (unpaired) electrons. The van der Waals surface area contributed by atoms with Gasteiger partial charge in [0.05, 0.1) is 5.25 Å². The molecule has 0 spiro atoms. The Morgan fingerprint density at radius 1 is 0.897 bits per heavy atom. The highest BCUT2D eigenvalue weighted by atomic mass is 32.2. The Balaban J connectivity index is 1.80. The van der Waals surface area contributed by atoms with Crippen LogP contribution in [0.4, 0.5) is 5.69 Å². The maximum Gasteiger partial charge on any atom is 0.235 e. The number of anilines is 1. The van der Waals surface area contributed by atoms with E-state index in [0.29, 0.717) is 23.9 Å². The van der Waals surface area contributed by atoms with Gasteiger partial charge in [0.15, 0.2) is 5.11 Å². The third-order valence-electron chi connectivity index (χ3n) is 4.56. The number of hydrogen-bond donors (Lipinski definition) is 3. The molecule has 7 heteroatoms. The number of hydrogen-bond acceptors (Lipinski definition) is 3. The van der Waals surface area contributed by atoms with E-state index in [9.17, 15) is 8.42 Å². The lowest BCUT2D eigenvalue weighted by Crippen LogP contribution is -2.34. The summed E-state index contributed by atoms with van der Waals surface area (Å²) in [5.41, 5.74) is 4.19. The first-order chi connectivity index (χ1) is 13.5. The molecular formula is C22H31N3O2S2. The minimum absolute atomic E-state index is 0.146. The van der Waals surface area contributed by atoms with E-state index in [0.717, 1.165) is 5.56 Å². The molecule has 2 aromatic rings. The second kappa shape index (κ2) is 9.59. The Hall–Kier alpha value is -2.12. The average molecular weight is 434 g/mol. The lowest BCUT2D eigenvalue weighted by atomic mass is 9.87. The van der Waals surface area contributed by atoms with Crippen molar-refractivity contribution in [1.82, 2.24) is 10.6 Å². The van der Waals surface area contributed by atoms with Crippen LogP contribution in [0.15, 0.2) is 48.5 Å². The highest BCUT2D eigenvalue weighted by molar-refractivity contribution is 7.93. The Kier molecular flexibility index (Phi) is 7.66. The maximum atomic E-state index is 11.9. The summed E-state index contributed by atoms with van der Waals surface area (Å²) < 4.78 is 26.4. The van der Waals surface area contributed by atoms with E-state index in [1.165, 1.54) is 11.1 Å². The van der Waals surface area contributed by atoms with Crippen LogP contribution >= 0.6 is 12.2 Å². The van der Waals surface area contributed by atoms with Crippen LogP contribution < -0.4 is 15.4 Å². The van der Waals surface area contributed by atoms with Gasteiger partial charge in [0, 0.05) is 18.8 Å². The first kappa shape index (κ1) is 23.2. The van der Waals surface area contributed by atoms with Crippen molar-refractivity contribution in [2.75, 3.05) is 4.72 Å². The minimum Gasteiger partial charge on any atom is -0.359 e. The molecule has 0 bridgehead atoms. The fraction of sp³-hybridized carbons (Fsp3) is 0.409. The molecule has 0 unspecified atom stereocenters. The van der Waals surface area contributed by atoms with E-state index >= 15 is 0 Å². The van der Waals surface area contributed by atoms with Crippen LogP contribution in [0.2, 0.25) is 0 Å². The lowest BCUT2D eigenvalue weighted by molar-refractivity contribution is 0.589. The highest BCUT2D eigenvalue weighted by Gasteiger charge is 2.15. The molecule has 0 atom stereocenters.